The van der Waals surface area contributed by atoms with E-state index in [-0.39, 0.29) is 27.7 Å². The Labute approximate surface area is 108 Å². The van der Waals surface area contributed by atoms with Crippen molar-refractivity contribution in [2.24, 2.45) is 0 Å². The highest BCUT2D eigenvalue weighted by Crippen LogP contribution is 2.31. The average Bonchev–Trinajstić information content (AvgIpc) is 2.77. The maximum Gasteiger partial charge on any atom is 0.358 e. The van der Waals surface area contributed by atoms with Crippen LogP contribution in [0, 0.1) is 0 Å². The van der Waals surface area contributed by atoms with Crippen LogP contribution >= 0.6 is 0 Å². The number of phenolic OH excluding ortho intramolecular Hbond substituents is 1. The molecule has 19 heavy (non-hydrogen) atoms. The van der Waals surface area contributed by atoms with E-state index in [4.69, 9.17) is 9.63 Å². The smallest absolute Gasteiger partial charge is 0.358 e. The summed E-state index contributed by atoms with van der Waals surface area (Å²) in [5.74, 6) is -1.55. The Kier molecular flexibility index (Phi) is 3.03. The largest absolute Gasteiger partial charge is 0.507 e. The summed E-state index contributed by atoms with van der Waals surface area (Å²) in [5.41, 5.74) is -0.276. The van der Waals surface area contributed by atoms with Gasteiger partial charge in [0.25, 0.3) is 0 Å². The summed E-state index contributed by atoms with van der Waals surface area (Å²) in [6.45, 7) is 0. The molecule has 0 atom stereocenters. The molecule has 1 aromatic carbocycles. The van der Waals surface area contributed by atoms with Gasteiger partial charge in [-0.2, -0.15) is 0 Å². The van der Waals surface area contributed by atoms with Crippen molar-refractivity contribution >= 4 is 15.8 Å². The van der Waals surface area contributed by atoms with E-state index in [0.717, 1.165) is 12.3 Å². The number of sulfone groups is 1. The van der Waals surface area contributed by atoms with Gasteiger partial charge in [0.1, 0.15) is 5.75 Å². The lowest BCUT2D eigenvalue weighted by molar-refractivity contribution is 0.0686. The topological polar surface area (TPSA) is 118 Å². The molecule has 2 N–H and O–H groups in total. The van der Waals surface area contributed by atoms with E-state index in [9.17, 15) is 18.3 Å². The number of benzene rings is 1. The third-order valence-corrected chi connectivity index (χ3v) is 3.50. The van der Waals surface area contributed by atoms with Crippen LogP contribution in [0.2, 0.25) is 0 Å². The molecule has 0 spiro atoms. The Hall–Kier alpha value is -2.35. The molecular formula is C11H9NO6S. The average molecular weight is 283 g/mol. The van der Waals surface area contributed by atoms with Crippen molar-refractivity contribution in [2.45, 2.75) is 4.90 Å². The molecule has 0 unspecified atom stereocenters. The van der Waals surface area contributed by atoms with Gasteiger partial charge in [0.15, 0.2) is 21.3 Å². The highest BCUT2D eigenvalue weighted by atomic mass is 32.2. The van der Waals surface area contributed by atoms with Crippen molar-refractivity contribution in [3.8, 4) is 17.1 Å². The van der Waals surface area contributed by atoms with Crippen molar-refractivity contribution in [3.63, 3.8) is 0 Å². The molecule has 8 heteroatoms. The highest BCUT2D eigenvalue weighted by molar-refractivity contribution is 7.90. The van der Waals surface area contributed by atoms with Gasteiger partial charge >= 0.3 is 5.97 Å². The standard InChI is InChI=1S/C11H9NO6S/c1-19(16,17)6-2-3-9(13)7(4-6)10-5-8(11(14)15)12-18-10/h2-5,13H,1H3,(H,14,15). The fourth-order valence-electron chi connectivity index (χ4n) is 1.45. The van der Waals surface area contributed by atoms with Gasteiger partial charge in [0, 0.05) is 12.3 Å². The quantitative estimate of drug-likeness (QED) is 0.867. The van der Waals surface area contributed by atoms with Crippen LogP contribution in [0.3, 0.4) is 0 Å². The zero-order valence-electron chi connectivity index (χ0n) is 9.69. The number of aromatic carboxylic acids is 1. The summed E-state index contributed by atoms with van der Waals surface area (Å²) < 4.78 is 27.6. The van der Waals surface area contributed by atoms with Gasteiger partial charge in [0.05, 0.1) is 10.5 Å². The molecule has 7 nitrogen and oxygen atoms in total. The molecule has 0 fully saturated rings. The maximum absolute atomic E-state index is 11.4. The normalized spacial score (nSPS) is 11.4. The van der Waals surface area contributed by atoms with E-state index in [1.165, 1.54) is 18.2 Å². The van der Waals surface area contributed by atoms with Gasteiger partial charge in [-0.15, -0.1) is 0 Å². The van der Waals surface area contributed by atoms with Crippen LogP contribution in [0.15, 0.2) is 33.7 Å². The Morgan fingerprint density at radius 2 is 2.00 bits per heavy atom. The Balaban J connectivity index is 2.57. The summed E-state index contributed by atoms with van der Waals surface area (Å²) >= 11 is 0. The van der Waals surface area contributed by atoms with Crippen LogP contribution in [0.1, 0.15) is 10.5 Å². The minimum atomic E-state index is -3.45. The number of aromatic nitrogens is 1. The number of carboxylic acids is 1. The first-order valence-electron chi connectivity index (χ1n) is 5.02. The highest BCUT2D eigenvalue weighted by Gasteiger charge is 2.17. The number of rotatable bonds is 3. The summed E-state index contributed by atoms with van der Waals surface area (Å²) in [7, 11) is -3.45. The van der Waals surface area contributed by atoms with Crippen LogP contribution in [0.4, 0.5) is 0 Å². The molecule has 1 heterocycles. The number of hydrogen-bond donors (Lipinski definition) is 2. The first-order chi connectivity index (χ1) is 8.79. The molecule has 0 saturated heterocycles. The summed E-state index contributed by atoms with van der Waals surface area (Å²) in [4.78, 5) is 10.7. The molecule has 0 radical (unpaired) electrons. The first-order valence-corrected chi connectivity index (χ1v) is 6.91. The molecule has 0 amide bonds. The van der Waals surface area contributed by atoms with Gasteiger partial charge in [-0.3, -0.25) is 0 Å². The molecule has 1 aromatic heterocycles. The summed E-state index contributed by atoms with van der Waals surface area (Å²) in [5, 5.41) is 21.7. The predicted molar refractivity (Wildman–Crippen MR) is 63.7 cm³/mol. The fourth-order valence-corrected chi connectivity index (χ4v) is 2.09. The molecule has 2 rings (SSSR count). The van der Waals surface area contributed by atoms with E-state index in [0.29, 0.717) is 0 Å². The van der Waals surface area contributed by atoms with E-state index >= 15 is 0 Å². The van der Waals surface area contributed by atoms with Crippen molar-refractivity contribution in [3.05, 3.63) is 30.0 Å². The van der Waals surface area contributed by atoms with Crippen LogP contribution < -0.4 is 0 Å². The molecule has 0 aliphatic rings. The van der Waals surface area contributed by atoms with Gasteiger partial charge in [0.2, 0.25) is 0 Å². The lowest BCUT2D eigenvalue weighted by Gasteiger charge is -2.03. The zero-order valence-corrected chi connectivity index (χ0v) is 10.5. The second kappa shape index (κ2) is 4.39. The third kappa shape index (κ3) is 2.58. The number of hydrogen-bond acceptors (Lipinski definition) is 6. The number of aromatic hydroxyl groups is 1. The van der Waals surface area contributed by atoms with Crippen LogP contribution in [0.5, 0.6) is 5.75 Å². The monoisotopic (exact) mass is 283 g/mol. The molecule has 0 saturated carbocycles. The zero-order chi connectivity index (χ0) is 14.2. The SMILES string of the molecule is CS(=O)(=O)c1ccc(O)c(-c2cc(C(=O)O)no2)c1. The van der Waals surface area contributed by atoms with Crippen molar-refractivity contribution in [1.29, 1.82) is 0 Å². The molecule has 0 bridgehead atoms. The van der Waals surface area contributed by atoms with E-state index in [1.54, 1.807) is 0 Å². The lowest BCUT2D eigenvalue weighted by atomic mass is 10.1. The number of phenols is 1. The number of carbonyl (C=O) groups is 1. The number of carboxylic acid groups (broad SMARTS) is 1. The summed E-state index contributed by atoms with van der Waals surface area (Å²) in [6.07, 6.45) is 1.02. The van der Waals surface area contributed by atoms with Crippen molar-refractivity contribution < 1.29 is 27.9 Å². The fraction of sp³-hybridized carbons (Fsp3) is 0.0909. The van der Waals surface area contributed by atoms with Crippen molar-refractivity contribution in [1.82, 2.24) is 5.16 Å². The van der Waals surface area contributed by atoms with E-state index in [1.807, 2.05) is 0 Å². The van der Waals surface area contributed by atoms with Crippen molar-refractivity contribution in [2.75, 3.05) is 6.26 Å². The van der Waals surface area contributed by atoms with E-state index in [2.05, 4.69) is 5.16 Å². The van der Waals surface area contributed by atoms with Gasteiger partial charge in [-0.05, 0) is 18.2 Å². The molecular weight excluding hydrogens is 274 g/mol. The Morgan fingerprint density at radius 3 is 2.53 bits per heavy atom. The second-order valence-corrected chi connectivity index (χ2v) is 5.85. The Morgan fingerprint density at radius 1 is 1.32 bits per heavy atom. The Bertz CT molecular complexity index is 746. The van der Waals surface area contributed by atoms with Crippen LogP contribution in [0.25, 0.3) is 11.3 Å². The van der Waals surface area contributed by atoms with Gasteiger partial charge < -0.3 is 14.7 Å². The minimum Gasteiger partial charge on any atom is -0.507 e. The van der Waals surface area contributed by atoms with Gasteiger partial charge in [-0.25, -0.2) is 13.2 Å². The lowest BCUT2D eigenvalue weighted by Crippen LogP contribution is -1.97. The molecule has 0 aliphatic carbocycles. The minimum absolute atomic E-state index is 0.0198. The van der Waals surface area contributed by atoms with E-state index < -0.39 is 15.8 Å². The molecule has 2 aromatic rings. The predicted octanol–water partition coefficient (Wildman–Crippen LogP) is 1.15. The van der Waals surface area contributed by atoms with Gasteiger partial charge in [-0.1, -0.05) is 5.16 Å². The molecule has 0 aliphatic heterocycles. The molecule has 100 valence electrons. The third-order valence-electron chi connectivity index (χ3n) is 2.39. The number of nitrogens with zero attached hydrogens (tertiary/aromatic N) is 1. The summed E-state index contributed by atoms with van der Waals surface area (Å²) in [6, 6.07) is 4.72. The first kappa shape index (κ1) is 13.1. The van der Waals surface area contributed by atoms with Crippen LogP contribution in [-0.4, -0.2) is 36.0 Å². The van der Waals surface area contributed by atoms with Crippen LogP contribution in [-0.2, 0) is 9.84 Å². The second-order valence-electron chi connectivity index (χ2n) is 3.83. The maximum atomic E-state index is 11.4.